The van der Waals surface area contributed by atoms with Crippen molar-refractivity contribution >= 4 is 9.04 Å². The van der Waals surface area contributed by atoms with E-state index in [2.05, 4.69) is 52.1 Å². The van der Waals surface area contributed by atoms with Crippen LogP contribution < -0.4 is 0 Å². The highest BCUT2D eigenvalue weighted by Crippen LogP contribution is 2.45. The summed E-state index contributed by atoms with van der Waals surface area (Å²) < 4.78 is 6.32. The minimum Gasteiger partial charge on any atom is -0.413 e. The third-order valence-corrected chi connectivity index (χ3v) is 4.68. The minimum absolute atomic E-state index is 0.0383. The van der Waals surface area contributed by atoms with Crippen molar-refractivity contribution < 1.29 is 9.53 Å². The van der Waals surface area contributed by atoms with E-state index >= 15 is 0 Å². The van der Waals surface area contributed by atoms with Crippen LogP contribution in [0.1, 0.15) is 56.9 Å². The van der Waals surface area contributed by atoms with E-state index in [0.717, 1.165) is 18.4 Å². The molecule has 1 aliphatic rings. The van der Waals surface area contributed by atoms with Crippen molar-refractivity contribution in [3.63, 3.8) is 0 Å². The number of hydrogen-bond donors (Lipinski definition) is 1. The van der Waals surface area contributed by atoms with E-state index in [1.165, 1.54) is 5.56 Å². The quantitative estimate of drug-likeness (QED) is 0.823. The van der Waals surface area contributed by atoms with Crippen molar-refractivity contribution in [1.29, 1.82) is 0 Å². The molecule has 2 nitrogen and oxygen atoms in total. The molecule has 20 heavy (non-hydrogen) atoms. The van der Waals surface area contributed by atoms with Crippen LogP contribution in [0.3, 0.4) is 0 Å². The van der Waals surface area contributed by atoms with Gasteiger partial charge >= 0.3 is 0 Å². The van der Waals surface area contributed by atoms with Gasteiger partial charge < -0.3 is 9.53 Å². The molecule has 112 valence electrons. The second kappa shape index (κ2) is 6.00. The SMILES string of the molecule is C[SiH](C)OC(c1ccccc1[C@@H](O)C1CC1)C(C)(C)C. The van der Waals surface area contributed by atoms with E-state index in [1.807, 2.05) is 6.07 Å². The predicted octanol–water partition coefficient (Wildman–Crippen LogP) is 4.22. The zero-order valence-electron chi connectivity index (χ0n) is 13.4. The van der Waals surface area contributed by atoms with Crippen molar-refractivity contribution in [3.8, 4) is 0 Å². The molecular formula is C17H28O2Si. The van der Waals surface area contributed by atoms with Gasteiger partial charge in [0.15, 0.2) is 9.04 Å². The van der Waals surface area contributed by atoms with Crippen LogP contribution in [0.4, 0.5) is 0 Å². The molecule has 1 aliphatic carbocycles. The largest absolute Gasteiger partial charge is 0.413 e. The lowest BCUT2D eigenvalue weighted by molar-refractivity contribution is 0.0800. The number of rotatable bonds is 5. The Morgan fingerprint density at radius 2 is 1.70 bits per heavy atom. The third-order valence-electron chi connectivity index (χ3n) is 3.86. The molecule has 0 saturated heterocycles. The number of hydrogen-bond acceptors (Lipinski definition) is 2. The van der Waals surface area contributed by atoms with Crippen LogP contribution in [0.5, 0.6) is 0 Å². The molecular weight excluding hydrogens is 264 g/mol. The highest BCUT2D eigenvalue weighted by molar-refractivity contribution is 6.48. The summed E-state index contributed by atoms with van der Waals surface area (Å²) in [4.78, 5) is 0. The highest BCUT2D eigenvalue weighted by atomic mass is 28.3. The van der Waals surface area contributed by atoms with Gasteiger partial charge in [-0.25, -0.2) is 0 Å². The average molecular weight is 292 g/mol. The van der Waals surface area contributed by atoms with E-state index in [1.54, 1.807) is 0 Å². The monoisotopic (exact) mass is 292 g/mol. The van der Waals surface area contributed by atoms with Crippen molar-refractivity contribution in [2.45, 2.75) is 58.9 Å². The Morgan fingerprint density at radius 3 is 2.15 bits per heavy atom. The summed E-state index contributed by atoms with van der Waals surface area (Å²) in [6.45, 7) is 11.1. The summed E-state index contributed by atoms with van der Waals surface area (Å²) in [7, 11) is -1.14. The summed E-state index contributed by atoms with van der Waals surface area (Å²) in [5, 5.41) is 10.5. The molecule has 1 aromatic rings. The zero-order chi connectivity index (χ0) is 14.9. The van der Waals surface area contributed by atoms with Crippen molar-refractivity contribution in [1.82, 2.24) is 0 Å². The maximum Gasteiger partial charge on any atom is 0.171 e. The third kappa shape index (κ3) is 3.71. The van der Waals surface area contributed by atoms with Gasteiger partial charge in [0.2, 0.25) is 0 Å². The van der Waals surface area contributed by atoms with Crippen LogP contribution >= 0.6 is 0 Å². The fourth-order valence-electron chi connectivity index (χ4n) is 2.70. The molecule has 1 fully saturated rings. The lowest BCUT2D eigenvalue weighted by atomic mass is 9.82. The molecule has 1 unspecified atom stereocenters. The first-order valence-corrected chi connectivity index (χ1v) is 10.5. The lowest BCUT2D eigenvalue weighted by Crippen LogP contribution is -2.27. The van der Waals surface area contributed by atoms with Crippen LogP contribution in [0.2, 0.25) is 13.1 Å². The minimum atomic E-state index is -1.14. The van der Waals surface area contributed by atoms with E-state index in [-0.39, 0.29) is 17.6 Å². The van der Waals surface area contributed by atoms with Crippen molar-refractivity contribution in [3.05, 3.63) is 35.4 Å². The Hall–Kier alpha value is -0.643. The van der Waals surface area contributed by atoms with E-state index in [0.29, 0.717) is 5.92 Å². The molecule has 1 aromatic carbocycles. The Labute approximate surface area is 124 Å². The van der Waals surface area contributed by atoms with Crippen LogP contribution in [0, 0.1) is 11.3 Å². The molecule has 3 heteroatoms. The summed E-state index contributed by atoms with van der Waals surface area (Å²) in [5.41, 5.74) is 2.29. The van der Waals surface area contributed by atoms with Gasteiger partial charge in [0.05, 0.1) is 12.2 Å². The smallest absolute Gasteiger partial charge is 0.171 e. The van der Waals surface area contributed by atoms with Crippen LogP contribution in [-0.4, -0.2) is 14.1 Å². The van der Waals surface area contributed by atoms with Gasteiger partial charge in [-0.05, 0) is 48.4 Å². The normalized spacial score (nSPS) is 19.1. The summed E-state index contributed by atoms with van der Waals surface area (Å²) in [6.07, 6.45) is 2.04. The molecule has 2 atom stereocenters. The van der Waals surface area contributed by atoms with Gasteiger partial charge in [-0.2, -0.15) is 0 Å². The molecule has 2 rings (SSSR count). The molecule has 0 radical (unpaired) electrons. The van der Waals surface area contributed by atoms with E-state index < -0.39 is 9.04 Å². The molecule has 0 aliphatic heterocycles. The molecule has 1 N–H and O–H groups in total. The first-order chi connectivity index (χ1) is 9.30. The van der Waals surface area contributed by atoms with Gasteiger partial charge in [-0.1, -0.05) is 45.0 Å². The molecule has 0 spiro atoms. The van der Waals surface area contributed by atoms with E-state index in [9.17, 15) is 5.11 Å². The summed E-state index contributed by atoms with van der Waals surface area (Å²) in [6, 6.07) is 8.29. The van der Waals surface area contributed by atoms with Crippen molar-refractivity contribution in [2.24, 2.45) is 11.3 Å². The second-order valence-corrected chi connectivity index (χ2v) is 9.71. The van der Waals surface area contributed by atoms with Crippen molar-refractivity contribution in [2.75, 3.05) is 0 Å². The maximum absolute atomic E-state index is 10.5. The van der Waals surface area contributed by atoms with Crippen LogP contribution in [0.15, 0.2) is 24.3 Å². The topological polar surface area (TPSA) is 29.5 Å². The average Bonchev–Trinajstić information content (AvgIpc) is 3.18. The first kappa shape index (κ1) is 15.7. The molecule has 0 amide bonds. The van der Waals surface area contributed by atoms with Gasteiger partial charge in [-0.15, -0.1) is 0 Å². The maximum atomic E-state index is 10.5. The Bertz CT molecular complexity index is 447. The van der Waals surface area contributed by atoms with Crippen LogP contribution in [-0.2, 0) is 4.43 Å². The zero-order valence-corrected chi connectivity index (χ0v) is 14.5. The molecule has 0 heterocycles. The fraction of sp³-hybridized carbons (Fsp3) is 0.647. The molecule has 0 bridgehead atoms. The highest BCUT2D eigenvalue weighted by Gasteiger charge is 2.35. The Kier molecular flexibility index (Phi) is 4.72. The standard InChI is InChI=1S/C17H28O2Si/c1-17(2,3)16(19-20(4)5)14-9-7-6-8-13(14)15(18)12-10-11-12/h6-9,12,15-16,18,20H,10-11H2,1-5H3/t15-,16?/m0/s1. The lowest BCUT2D eigenvalue weighted by Gasteiger charge is -2.35. The van der Waals surface area contributed by atoms with E-state index in [4.69, 9.17) is 4.43 Å². The number of aliphatic hydroxyl groups excluding tert-OH is 1. The second-order valence-electron chi connectivity index (χ2n) is 7.34. The van der Waals surface area contributed by atoms with Crippen LogP contribution in [0.25, 0.3) is 0 Å². The Balaban J connectivity index is 2.37. The fourth-order valence-corrected chi connectivity index (χ4v) is 3.80. The van der Waals surface area contributed by atoms with Gasteiger partial charge in [0.25, 0.3) is 0 Å². The number of aliphatic hydroxyl groups is 1. The summed E-state index contributed by atoms with van der Waals surface area (Å²) in [5.74, 6) is 0.452. The van der Waals surface area contributed by atoms with Gasteiger partial charge in [0, 0.05) is 0 Å². The van der Waals surface area contributed by atoms with Gasteiger partial charge in [-0.3, -0.25) is 0 Å². The first-order valence-electron chi connectivity index (χ1n) is 7.73. The summed E-state index contributed by atoms with van der Waals surface area (Å²) >= 11 is 0. The Morgan fingerprint density at radius 1 is 1.15 bits per heavy atom. The molecule has 0 aromatic heterocycles. The predicted molar refractivity (Wildman–Crippen MR) is 86.3 cm³/mol. The van der Waals surface area contributed by atoms with Gasteiger partial charge in [0.1, 0.15) is 0 Å². The number of benzene rings is 1. The molecule has 1 saturated carbocycles.